The van der Waals surface area contributed by atoms with Crippen molar-refractivity contribution < 1.29 is 13.2 Å². The van der Waals surface area contributed by atoms with Crippen molar-refractivity contribution in [1.82, 2.24) is 4.72 Å². The van der Waals surface area contributed by atoms with Crippen molar-refractivity contribution in [2.75, 3.05) is 0 Å². The number of ether oxygens (including phenoxy) is 1. The number of benzene rings is 3. The van der Waals surface area contributed by atoms with E-state index in [4.69, 9.17) is 27.9 Å². The molecule has 0 radical (unpaired) electrons. The van der Waals surface area contributed by atoms with Gasteiger partial charge in [0.1, 0.15) is 11.9 Å². The van der Waals surface area contributed by atoms with Crippen molar-refractivity contribution in [1.29, 1.82) is 0 Å². The molecule has 29 heavy (non-hydrogen) atoms. The van der Waals surface area contributed by atoms with Gasteiger partial charge in [-0.2, -0.15) is 0 Å². The van der Waals surface area contributed by atoms with E-state index < -0.39 is 22.2 Å². The van der Waals surface area contributed by atoms with Crippen LogP contribution in [0.2, 0.25) is 10.0 Å². The Morgan fingerprint density at radius 1 is 0.862 bits per heavy atom. The SMILES string of the molecule is CC(NS(=O)(=O)c1ccccc1)C(Cc1ccc(Cl)cc1)Oc1ccc(Cl)cc1. The molecule has 3 rings (SSSR count). The van der Waals surface area contributed by atoms with Gasteiger partial charge in [-0.25, -0.2) is 13.1 Å². The molecule has 0 heterocycles. The van der Waals surface area contributed by atoms with Crippen LogP contribution < -0.4 is 9.46 Å². The maximum atomic E-state index is 12.7. The van der Waals surface area contributed by atoms with Crippen LogP contribution in [0, 0.1) is 0 Å². The molecule has 152 valence electrons. The molecule has 0 aliphatic heterocycles. The minimum atomic E-state index is -3.67. The zero-order valence-corrected chi connectivity index (χ0v) is 18.1. The van der Waals surface area contributed by atoms with E-state index in [-0.39, 0.29) is 4.90 Å². The Labute approximate surface area is 181 Å². The highest BCUT2D eigenvalue weighted by atomic mass is 35.5. The highest BCUT2D eigenvalue weighted by Crippen LogP contribution is 2.21. The molecule has 0 saturated heterocycles. The van der Waals surface area contributed by atoms with Gasteiger partial charge in [0.25, 0.3) is 0 Å². The van der Waals surface area contributed by atoms with Gasteiger partial charge in [-0.15, -0.1) is 0 Å². The van der Waals surface area contributed by atoms with Gasteiger partial charge in [0.05, 0.1) is 10.9 Å². The van der Waals surface area contributed by atoms with Gasteiger partial charge in [0.15, 0.2) is 0 Å². The number of sulfonamides is 1. The van der Waals surface area contributed by atoms with Crippen LogP contribution in [0.3, 0.4) is 0 Å². The fourth-order valence-electron chi connectivity index (χ4n) is 2.85. The number of hydrogen-bond acceptors (Lipinski definition) is 3. The molecule has 0 fully saturated rings. The second kappa shape index (κ2) is 9.63. The van der Waals surface area contributed by atoms with E-state index in [1.54, 1.807) is 73.7 Å². The fraction of sp³-hybridized carbons (Fsp3) is 0.182. The summed E-state index contributed by atoms with van der Waals surface area (Å²) >= 11 is 11.9. The minimum Gasteiger partial charge on any atom is -0.488 e. The molecule has 2 atom stereocenters. The van der Waals surface area contributed by atoms with Crippen LogP contribution in [0.15, 0.2) is 83.8 Å². The van der Waals surface area contributed by atoms with Crippen LogP contribution in [0.25, 0.3) is 0 Å². The first-order valence-corrected chi connectivity index (χ1v) is 11.3. The number of halogens is 2. The first-order chi connectivity index (χ1) is 13.8. The summed E-state index contributed by atoms with van der Waals surface area (Å²) in [6, 6.07) is 22.2. The molecule has 0 amide bonds. The van der Waals surface area contributed by atoms with E-state index in [0.717, 1.165) is 5.56 Å². The van der Waals surface area contributed by atoms with Crippen molar-refractivity contribution >= 4 is 33.2 Å². The zero-order valence-electron chi connectivity index (χ0n) is 15.8. The molecule has 3 aromatic rings. The summed E-state index contributed by atoms with van der Waals surface area (Å²) in [5, 5.41) is 1.24. The van der Waals surface area contributed by atoms with Gasteiger partial charge in [-0.3, -0.25) is 0 Å². The van der Waals surface area contributed by atoms with Crippen LogP contribution in [-0.4, -0.2) is 20.6 Å². The Morgan fingerprint density at radius 2 is 1.41 bits per heavy atom. The minimum absolute atomic E-state index is 0.212. The van der Waals surface area contributed by atoms with Crippen LogP contribution in [0.1, 0.15) is 12.5 Å². The average molecular weight is 450 g/mol. The van der Waals surface area contributed by atoms with E-state index in [1.165, 1.54) is 0 Å². The lowest BCUT2D eigenvalue weighted by atomic mass is 10.0. The molecule has 0 aromatic heterocycles. The summed E-state index contributed by atoms with van der Waals surface area (Å²) in [6.45, 7) is 1.79. The highest BCUT2D eigenvalue weighted by molar-refractivity contribution is 7.89. The van der Waals surface area contributed by atoms with Gasteiger partial charge in [-0.05, 0) is 61.0 Å². The van der Waals surface area contributed by atoms with Crippen molar-refractivity contribution in [3.05, 3.63) is 94.5 Å². The molecule has 4 nitrogen and oxygen atoms in total. The van der Waals surface area contributed by atoms with Crippen molar-refractivity contribution in [3.63, 3.8) is 0 Å². The van der Waals surface area contributed by atoms with Crippen LogP contribution in [0.5, 0.6) is 5.75 Å². The Bertz CT molecular complexity index is 976. The molecular formula is C22H21Cl2NO3S. The normalized spacial score (nSPS) is 13.6. The molecule has 0 aliphatic carbocycles. The van der Waals surface area contributed by atoms with Crippen LogP contribution in [-0.2, 0) is 16.4 Å². The lowest BCUT2D eigenvalue weighted by Crippen LogP contribution is -2.45. The van der Waals surface area contributed by atoms with Crippen molar-refractivity contribution in [2.45, 2.75) is 30.4 Å². The number of hydrogen-bond donors (Lipinski definition) is 1. The zero-order chi connectivity index (χ0) is 20.9. The van der Waals surface area contributed by atoms with Gasteiger partial charge < -0.3 is 4.74 Å². The highest BCUT2D eigenvalue weighted by Gasteiger charge is 2.25. The Balaban J connectivity index is 1.82. The molecule has 0 bridgehead atoms. The summed E-state index contributed by atoms with van der Waals surface area (Å²) < 4.78 is 34.3. The molecule has 0 spiro atoms. The van der Waals surface area contributed by atoms with Gasteiger partial charge >= 0.3 is 0 Å². The third-order valence-electron chi connectivity index (χ3n) is 4.40. The van der Waals surface area contributed by atoms with E-state index in [2.05, 4.69) is 4.72 Å². The van der Waals surface area contributed by atoms with Crippen LogP contribution >= 0.6 is 23.2 Å². The molecule has 1 N–H and O–H groups in total. The van der Waals surface area contributed by atoms with E-state index in [0.29, 0.717) is 22.2 Å². The fourth-order valence-corrected chi connectivity index (χ4v) is 4.39. The maximum absolute atomic E-state index is 12.7. The van der Waals surface area contributed by atoms with E-state index in [9.17, 15) is 8.42 Å². The predicted molar refractivity (Wildman–Crippen MR) is 117 cm³/mol. The molecular weight excluding hydrogens is 429 g/mol. The first-order valence-electron chi connectivity index (χ1n) is 9.07. The van der Waals surface area contributed by atoms with Gasteiger partial charge in [0.2, 0.25) is 10.0 Å². The summed E-state index contributed by atoms with van der Waals surface area (Å²) in [7, 11) is -3.67. The Morgan fingerprint density at radius 3 is 2.00 bits per heavy atom. The van der Waals surface area contributed by atoms with Crippen molar-refractivity contribution in [2.24, 2.45) is 0 Å². The third-order valence-corrected chi connectivity index (χ3v) is 6.48. The average Bonchev–Trinajstić information content (AvgIpc) is 2.71. The summed E-state index contributed by atoms with van der Waals surface area (Å²) in [6.07, 6.45) is 0.0500. The Kier molecular flexibility index (Phi) is 7.19. The van der Waals surface area contributed by atoms with Gasteiger partial charge in [-0.1, -0.05) is 53.5 Å². The predicted octanol–water partition coefficient (Wildman–Crippen LogP) is 5.35. The monoisotopic (exact) mass is 449 g/mol. The maximum Gasteiger partial charge on any atom is 0.240 e. The number of rotatable bonds is 8. The first kappa shape index (κ1) is 21.7. The molecule has 3 aromatic carbocycles. The summed E-state index contributed by atoms with van der Waals surface area (Å²) in [5.41, 5.74) is 0.985. The summed E-state index contributed by atoms with van der Waals surface area (Å²) in [4.78, 5) is 0.212. The van der Waals surface area contributed by atoms with Crippen molar-refractivity contribution in [3.8, 4) is 5.75 Å². The lowest BCUT2D eigenvalue weighted by Gasteiger charge is -2.26. The molecule has 0 saturated carbocycles. The third kappa shape index (κ3) is 6.21. The summed E-state index contributed by atoms with van der Waals surface area (Å²) in [5.74, 6) is 0.610. The second-order valence-electron chi connectivity index (χ2n) is 6.66. The van der Waals surface area contributed by atoms with E-state index >= 15 is 0 Å². The van der Waals surface area contributed by atoms with E-state index in [1.807, 2.05) is 12.1 Å². The Hall–Kier alpha value is -2.05. The standard InChI is InChI=1S/C22H21Cl2NO3S/c1-16(25-29(26,27)21-5-3-2-4-6-21)22(15-17-7-9-18(23)10-8-17)28-20-13-11-19(24)12-14-20/h2-14,16,22,25H,15H2,1H3. The molecule has 2 unspecified atom stereocenters. The molecule has 7 heteroatoms. The van der Waals surface area contributed by atoms with Crippen LogP contribution in [0.4, 0.5) is 0 Å². The quantitative estimate of drug-likeness (QED) is 0.503. The second-order valence-corrected chi connectivity index (χ2v) is 9.25. The molecule has 0 aliphatic rings. The topological polar surface area (TPSA) is 55.4 Å². The number of nitrogens with one attached hydrogen (secondary N) is 1. The lowest BCUT2D eigenvalue weighted by molar-refractivity contribution is 0.170. The smallest absolute Gasteiger partial charge is 0.240 e. The van der Waals surface area contributed by atoms with Gasteiger partial charge in [0, 0.05) is 16.5 Å². The largest absolute Gasteiger partial charge is 0.488 e.